The van der Waals surface area contributed by atoms with Crippen molar-refractivity contribution in [2.45, 2.75) is 20.0 Å². The Bertz CT molecular complexity index is 1420. The van der Waals surface area contributed by atoms with Gasteiger partial charge in [0.15, 0.2) is 0 Å². The van der Waals surface area contributed by atoms with Crippen LogP contribution in [0.3, 0.4) is 0 Å². The highest BCUT2D eigenvalue weighted by Gasteiger charge is 2.11. The van der Waals surface area contributed by atoms with Crippen molar-refractivity contribution in [2.75, 3.05) is 0 Å². The van der Waals surface area contributed by atoms with Gasteiger partial charge in [-0.25, -0.2) is 9.97 Å². The number of carbonyl (C=O) groups excluding carboxylic acids is 1. The fourth-order valence-electron chi connectivity index (χ4n) is 4.08. The first-order valence-electron chi connectivity index (χ1n) is 10.9. The standard InChI is InChI=1S/C27H25N5O/c1-19-30-25-15-22(11-12-26(25)31(19)2)27(33)29-16-23-5-3-4-6-24(23)21-9-7-20(8-10-21)17-32-14-13-28-18-32/h3-15,18H,16-17H2,1-2H3,(H,29,33). The van der Waals surface area contributed by atoms with E-state index in [4.69, 9.17) is 0 Å². The lowest BCUT2D eigenvalue weighted by Crippen LogP contribution is -2.23. The normalized spacial score (nSPS) is 11.1. The second kappa shape index (κ2) is 8.74. The molecule has 6 nitrogen and oxygen atoms in total. The first kappa shape index (κ1) is 20.7. The number of nitrogens with zero attached hydrogens (tertiary/aromatic N) is 4. The number of fused-ring (bicyclic) bond motifs is 1. The van der Waals surface area contributed by atoms with Gasteiger partial charge in [0.1, 0.15) is 5.82 Å². The Morgan fingerprint density at radius 1 is 1.03 bits per heavy atom. The molecule has 0 saturated carbocycles. The van der Waals surface area contributed by atoms with Crippen LogP contribution in [0.25, 0.3) is 22.2 Å². The zero-order valence-corrected chi connectivity index (χ0v) is 18.7. The number of imidazole rings is 2. The van der Waals surface area contributed by atoms with Gasteiger partial charge >= 0.3 is 0 Å². The van der Waals surface area contributed by atoms with Crippen molar-refractivity contribution in [1.82, 2.24) is 24.4 Å². The van der Waals surface area contributed by atoms with Gasteiger partial charge in [-0.15, -0.1) is 0 Å². The molecule has 0 bridgehead atoms. The van der Waals surface area contributed by atoms with E-state index in [1.807, 2.05) is 66.0 Å². The third kappa shape index (κ3) is 4.28. The number of hydrogen-bond acceptors (Lipinski definition) is 3. The maximum Gasteiger partial charge on any atom is 0.251 e. The highest BCUT2D eigenvalue weighted by Crippen LogP contribution is 2.24. The molecule has 0 aliphatic heterocycles. The molecule has 2 aromatic heterocycles. The summed E-state index contributed by atoms with van der Waals surface area (Å²) in [5, 5.41) is 3.07. The molecule has 2 heterocycles. The summed E-state index contributed by atoms with van der Waals surface area (Å²) < 4.78 is 4.07. The maximum atomic E-state index is 12.8. The van der Waals surface area contributed by atoms with E-state index >= 15 is 0 Å². The summed E-state index contributed by atoms with van der Waals surface area (Å²) in [7, 11) is 1.98. The molecule has 0 unspecified atom stereocenters. The van der Waals surface area contributed by atoms with Gasteiger partial charge in [-0.3, -0.25) is 4.79 Å². The Morgan fingerprint density at radius 3 is 2.64 bits per heavy atom. The first-order valence-corrected chi connectivity index (χ1v) is 10.9. The number of hydrogen-bond donors (Lipinski definition) is 1. The molecule has 0 saturated heterocycles. The summed E-state index contributed by atoms with van der Waals surface area (Å²) in [5.41, 5.74) is 6.99. The molecule has 6 heteroatoms. The molecule has 3 aromatic carbocycles. The Labute approximate surface area is 192 Å². The predicted molar refractivity (Wildman–Crippen MR) is 130 cm³/mol. The molecule has 0 fully saturated rings. The van der Waals surface area contributed by atoms with E-state index in [9.17, 15) is 4.79 Å². The number of nitrogens with one attached hydrogen (secondary N) is 1. The van der Waals surface area contributed by atoms with Crippen LogP contribution < -0.4 is 5.32 Å². The summed E-state index contributed by atoms with van der Waals surface area (Å²) in [6.45, 7) is 3.20. The molecule has 0 atom stereocenters. The Kier molecular flexibility index (Phi) is 5.48. The Hall–Kier alpha value is -4.19. The largest absolute Gasteiger partial charge is 0.348 e. The van der Waals surface area contributed by atoms with Gasteiger partial charge in [0.05, 0.1) is 17.4 Å². The minimum atomic E-state index is -0.106. The lowest BCUT2D eigenvalue weighted by molar-refractivity contribution is 0.0951. The molecule has 0 aliphatic carbocycles. The van der Waals surface area contributed by atoms with Crippen LogP contribution in [0.15, 0.2) is 85.5 Å². The number of rotatable bonds is 6. The van der Waals surface area contributed by atoms with Crippen LogP contribution in [0.5, 0.6) is 0 Å². The summed E-state index contributed by atoms with van der Waals surface area (Å²) in [6, 6.07) is 22.3. The zero-order valence-electron chi connectivity index (χ0n) is 18.7. The van der Waals surface area contributed by atoms with Crippen molar-refractivity contribution in [3.63, 3.8) is 0 Å². The molecular formula is C27H25N5O. The van der Waals surface area contributed by atoms with Crippen molar-refractivity contribution in [1.29, 1.82) is 0 Å². The van der Waals surface area contributed by atoms with Crippen molar-refractivity contribution < 1.29 is 4.79 Å². The van der Waals surface area contributed by atoms with Crippen LogP contribution in [0.1, 0.15) is 27.3 Å². The predicted octanol–water partition coefficient (Wildman–Crippen LogP) is 4.72. The molecule has 33 heavy (non-hydrogen) atoms. The van der Waals surface area contributed by atoms with Gasteiger partial charge in [0.2, 0.25) is 0 Å². The second-order valence-electron chi connectivity index (χ2n) is 8.19. The van der Waals surface area contributed by atoms with Gasteiger partial charge in [0, 0.05) is 38.1 Å². The van der Waals surface area contributed by atoms with E-state index in [0.29, 0.717) is 12.1 Å². The average molecular weight is 436 g/mol. The fraction of sp³-hybridized carbons (Fsp3) is 0.148. The number of carbonyl (C=O) groups is 1. The van der Waals surface area contributed by atoms with Crippen LogP contribution in [-0.4, -0.2) is 25.0 Å². The Balaban J connectivity index is 1.31. The van der Waals surface area contributed by atoms with Crippen molar-refractivity contribution in [3.05, 3.63) is 108 Å². The SMILES string of the molecule is Cc1nc2cc(C(=O)NCc3ccccc3-c3ccc(Cn4ccnc4)cc3)ccc2n1C. The van der Waals surface area contributed by atoms with Crippen LogP contribution in [0.4, 0.5) is 0 Å². The van der Waals surface area contributed by atoms with Crippen molar-refractivity contribution in [2.24, 2.45) is 7.05 Å². The summed E-state index contributed by atoms with van der Waals surface area (Å²) in [6.07, 6.45) is 5.56. The fourth-order valence-corrected chi connectivity index (χ4v) is 4.08. The minimum absolute atomic E-state index is 0.106. The molecule has 1 amide bonds. The lowest BCUT2D eigenvalue weighted by Gasteiger charge is -2.12. The lowest BCUT2D eigenvalue weighted by atomic mass is 9.98. The third-order valence-electron chi connectivity index (χ3n) is 6.01. The van der Waals surface area contributed by atoms with E-state index in [-0.39, 0.29) is 5.91 Å². The van der Waals surface area contributed by atoms with E-state index in [2.05, 4.69) is 51.7 Å². The summed E-state index contributed by atoms with van der Waals surface area (Å²) >= 11 is 0. The van der Waals surface area contributed by atoms with E-state index in [1.54, 1.807) is 6.20 Å². The van der Waals surface area contributed by atoms with Gasteiger partial charge in [-0.2, -0.15) is 0 Å². The van der Waals surface area contributed by atoms with Crippen LogP contribution in [-0.2, 0) is 20.1 Å². The quantitative estimate of drug-likeness (QED) is 0.420. The van der Waals surface area contributed by atoms with Crippen LogP contribution in [0, 0.1) is 6.92 Å². The van der Waals surface area contributed by atoms with Gasteiger partial charge in [0.25, 0.3) is 5.91 Å². The Morgan fingerprint density at radius 2 is 1.85 bits per heavy atom. The molecule has 5 rings (SSSR count). The topological polar surface area (TPSA) is 64.7 Å². The zero-order chi connectivity index (χ0) is 22.8. The molecule has 164 valence electrons. The number of benzene rings is 3. The molecule has 0 radical (unpaired) electrons. The highest BCUT2D eigenvalue weighted by atomic mass is 16.1. The highest BCUT2D eigenvalue weighted by molar-refractivity contribution is 5.97. The number of amides is 1. The minimum Gasteiger partial charge on any atom is -0.348 e. The van der Waals surface area contributed by atoms with Crippen LogP contribution in [0.2, 0.25) is 0 Å². The first-order chi connectivity index (χ1) is 16.1. The van der Waals surface area contributed by atoms with Crippen molar-refractivity contribution in [3.8, 4) is 11.1 Å². The number of aromatic nitrogens is 4. The van der Waals surface area contributed by atoms with Gasteiger partial charge in [-0.05, 0) is 47.4 Å². The average Bonchev–Trinajstić information content (AvgIpc) is 3.45. The molecule has 0 spiro atoms. The monoisotopic (exact) mass is 435 g/mol. The third-order valence-corrected chi connectivity index (χ3v) is 6.01. The van der Waals surface area contributed by atoms with E-state index < -0.39 is 0 Å². The second-order valence-corrected chi connectivity index (χ2v) is 8.19. The summed E-state index contributed by atoms with van der Waals surface area (Å²) in [5.74, 6) is 0.818. The van der Waals surface area contributed by atoms with Crippen LogP contribution >= 0.6 is 0 Å². The van der Waals surface area contributed by atoms with Gasteiger partial charge < -0.3 is 14.5 Å². The van der Waals surface area contributed by atoms with E-state index in [0.717, 1.165) is 40.1 Å². The number of aryl methyl sites for hydroxylation is 2. The molecule has 1 N–H and O–H groups in total. The van der Waals surface area contributed by atoms with Gasteiger partial charge in [-0.1, -0.05) is 48.5 Å². The molecule has 0 aliphatic rings. The summed E-state index contributed by atoms with van der Waals surface area (Å²) in [4.78, 5) is 21.5. The smallest absolute Gasteiger partial charge is 0.251 e. The molecule has 5 aromatic rings. The molecular weight excluding hydrogens is 410 g/mol. The van der Waals surface area contributed by atoms with E-state index in [1.165, 1.54) is 5.56 Å². The maximum absolute atomic E-state index is 12.8. The van der Waals surface area contributed by atoms with Crippen molar-refractivity contribution >= 4 is 16.9 Å².